The van der Waals surface area contributed by atoms with Crippen molar-refractivity contribution in [1.82, 2.24) is 0 Å². The first-order valence-corrected chi connectivity index (χ1v) is 9.29. The Morgan fingerprint density at radius 1 is 1.24 bits per heavy atom. The van der Waals surface area contributed by atoms with E-state index in [9.17, 15) is 9.59 Å². The van der Waals surface area contributed by atoms with Crippen LogP contribution < -0.4 is 0 Å². The van der Waals surface area contributed by atoms with Crippen LogP contribution in [0.2, 0.25) is 0 Å². The Bertz CT molecular complexity index is 826. The second-order valence-electron chi connectivity index (χ2n) is 9.00. The van der Waals surface area contributed by atoms with Gasteiger partial charge in [-0.1, -0.05) is 19.1 Å². The van der Waals surface area contributed by atoms with Gasteiger partial charge >= 0.3 is 5.97 Å². The molecule has 0 aromatic rings. The molecule has 3 saturated carbocycles. The van der Waals surface area contributed by atoms with Gasteiger partial charge in [0, 0.05) is 23.3 Å². The number of rotatable bonds is 0. The minimum atomic E-state index is -0.789. The Balaban J connectivity index is 1.60. The number of carbonyl (C=O) groups excluding carboxylic acids is 2. The maximum absolute atomic E-state index is 13.2. The molecule has 8 atom stereocenters. The van der Waals surface area contributed by atoms with E-state index >= 15 is 0 Å². The van der Waals surface area contributed by atoms with Crippen LogP contribution in [0.3, 0.4) is 0 Å². The normalized spacial score (nSPS) is 57.9. The molecule has 5 nitrogen and oxygen atoms in total. The second kappa shape index (κ2) is 3.79. The van der Waals surface area contributed by atoms with E-state index in [4.69, 9.17) is 14.2 Å². The minimum absolute atomic E-state index is 0.00987. The summed E-state index contributed by atoms with van der Waals surface area (Å²) in [5.74, 6) is -0.219. The van der Waals surface area contributed by atoms with Crippen LogP contribution >= 0.6 is 0 Å². The van der Waals surface area contributed by atoms with Gasteiger partial charge in [-0.05, 0) is 38.7 Å². The van der Waals surface area contributed by atoms with E-state index < -0.39 is 16.8 Å². The smallest absolute Gasteiger partial charge is 0.334 e. The van der Waals surface area contributed by atoms with E-state index in [-0.39, 0.29) is 41.7 Å². The number of epoxide rings is 2. The lowest BCUT2D eigenvalue weighted by Gasteiger charge is -2.38. The van der Waals surface area contributed by atoms with Gasteiger partial charge in [-0.2, -0.15) is 0 Å². The fourth-order valence-corrected chi connectivity index (χ4v) is 6.81. The monoisotopic (exact) mass is 342 g/mol. The molecule has 0 N–H and O–H groups in total. The van der Waals surface area contributed by atoms with Gasteiger partial charge < -0.3 is 14.2 Å². The van der Waals surface area contributed by atoms with E-state index in [0.717, 1.165) is 30.4 Å². The Morgan fingerprint density at radius 3 is 2.76 bits per heavy atom. The Morgan fingerprint density at radius 2 is 2.00 bits per heavy atom. The number of Topliss-reactive ketones (excluding diaryl/α,β-unsaturated/α-hetero) is 1. The number of ketones is 1. The molecule has 6 aliphatic rings. The van der Waals surface area contributed by atoms with Gasteiger partial charge in [0.2, 0.25) is 0 Å². The van der Waals surface area contributed by atoms with Crippen LogP contribution in [-0.2, 0) is 23.8 Å². The molecule has 0 spiro atoms. The summed E-state index contributed by atoms with van der Waals surface area (Å²) in [6.07, 6.45) is 1.94. The highest BCUT2D eigenvalue weighted by Gasteiger charge is 2.95. The maximum atomic E-state index is 13.2. The molecule has 25 heavy (non-hydrogen) atoms. The molecule has 2 saturated heterocycles. The van der Waals surface area contributed by atoms with Crippen LogP contribution in [0.25, 0.3) is 0 Å². The van der Waals surface area contributed by atoms with Crippen molar-refractivity contribution in [2.75, 3.05) is 0 Å². The standard InChI is InChI=1S/C20H22O5/c1-8-5-6-11-12(10(3)16(22)23-11)14-13(8)20-15(21)9(2)7-19(20,25-20)17-18(14,4)24-17/h9,11,13-14,17H,1,5-7H2,2-4H3/t9-,11-,13+,14+,17+,18+,19+,20+/m1/s1. The number of esters is 1. The predicted molar refractivity (Wildman–Crippen MR) is 86.5 cm³/mol. The first kappa shape index (κ1) is 14.7. The predicted octanol–water partition coefficient (Wildman–Crippen LogP) is 2.10. The van der Waals surface area contributed by atoms with Crippen molar-refractivity contribution in [2.24, 2.45) is 17.8 Å². The van der Waals surface area contributed by atoms with Crippen LogP contribution in [0.5, 0.6) is 0 Å². The van der Waals surface area contributed by atoms with Crippen LogP contribution in [0.1, 0.15) is 40.0 Å². The molecular weight excluding hydrogens is 320 g/mol. The summed E-state index contributed by atoms with van der Waals surface area (Å²) < 4.78 is 18.2. The Kier molecular flexibility index (Phi) is 2.23. The van der Waals surface area contributed by atoms with E-state index in [2.05, 4.69) is 13.5 Å². The summed E-state index contributed by atoms with van der Waals surface area (Å²) in [7, 11) is 0. The summed E-state index contributed by atoms with van der Waals surface area (Å²) >= 11 is 0. The lowest BCUT2D eigenvalue weighted by atomic mass is 9.59. The van der Waals surface area contributed by atoms with Gasteiger partial charge in [0.1, 0.15) is 23.4 Å². The number of carbonyl (C=O) groups is 2. The van der Waals surface area contributed by atoms with Crippen molar-refractivity contribution in [3.63, 3.8) is 0 Å². The highest BCUT2D eigenvalue weighted by atomic mass is 16.7. The van der Waals surface area contributed by atoms with E-state index in [1.807, 2.05) is 13.8 Å². The summed E-state index contributed by atoms with van der Waals surface area (Å²) in [4.78, 5) is 25.4. The molecule has 6 rings (SSSR count). The average molecular weight is 342 g/mol. The third-order valence-corrected chi connectivity index (χ3v) is 7.84. The molecule has 132 valence electrons. The summed E-state index contributed by atoms with van der Waals surface area (Å²) in [5, 5.41) is 0. The van der Waals surface area contributed by atoms with E-state index in [1.54, 1.807) is 0 Å². The SMILES string of the molecule is C=C1CC[C@H]2OC(=O)C(C)=C2[C@H]2[C@H]1[C@@]13O[C@@]1(C[C@@H](C)C3=O)[C@H]1O[C@@]21C. The highest BCUT2D eigenvalue weighted by Crippen LogP contribution is 2.79. The topological polar surface area (TPSA) is 68.4 Å². The lowest BCUT2D eigenvalue weighted by Crippen LogP contribution is -2.53. The molecule has 0 bridgehead atoms. The average Bonchev–Trinajstić information content (AvgIpc) is 3.39. The molecule has 5 heteroatoms. The lowest BCUT2D eigenvalue weighted by molar-refractivity contribution is -0.140. The molecule has 0 unspecified atom stereocenters. The van der Waals surface area contributed by atoms with Crippen molar-refractivity contribution in [3.8, 4) is 0 Å². The van der Waals surface area contributed by atoms with E-state index in [0.29, 0.717) is 5.57 Å². The number of ether oxygens (including phenoxy) is 3. The molecule has 0 aromatic carbocycles. The Labute approximate surface area is 146 Å². The summed E-state index contributed by atoms with van der Waals surface area (Å²) in [6, 6.07) is 0. The van der Waals surface area contributed by atoms with Crippen LogP contribution in [0, 0.1) is 17.8 Å². The molecule has 5 fully saturated rings. The van der Waals surface area contributed by atoms with Crippen molar-refractivity contribution in [2.45, 2.75) is 69.0 Å². The van der Waals surface area contributed by atoms with Gasteiger partial charge in [-0.25, -0.2) is 4.79 Å². The highest BCUT2D eigenvalue weighted by molar-refractivity contribution is 5.99. The number of hydrogen-bond acceptors (Lipinski definition) is 5. The molecule has 3 aliphatic carbocycles. The van der Waals surface area contributed by atoms with Gasteiger partial charge in [0.15, 0.2) is 11.4 Å². The van der Waals surface area contributed by atoms with Crippen molar-refractivity contribution < 1.29 is 23.8 Å². The largest absolute Gasteiger partial charge is 0.454 e. The first-order valence-electron chi connectivity index (χ1n) is 9.29. The third-order valence-electron chi connectivity index (χ3n) is 7.84. The summed E-state index contributed by atoms with van der Waals surface area (Å²) in [5.41, 5.74) is 1.11. The Hall–Kier alpha value is -1.46. The van der Waals surface area contributed by atoms with Crippen LogP contribution in [0.4, 0.5) is 0 Å². The van der Waals surface area contributed by atoms with Gasteiger partial charge in [0.25, 0.3) is 0 Å². The minimum Gasteiger partial charge on any atom is -0.454 e. The van der Waals surface area contributed by atoms with Crippen LogP contribution in [-0.4, -0.2) is 40.8 Å². The number of fused-ring (bicyclic) bond motifs is 5. The van der Waals surface area contributed by atoms with Gasteiger partial charge in [0.05, 0.1) is 0 Å². The molecule has 0 amide bonds. The van der Waals surface area contributed by atoms with Gasteiger partial charge in [-0.3, -0.25) is 4.79 Å². The fraction of sp³-hybridized carbons (Fsp3) is 0.700. The van der Waals surface area contributed by atoms with Crippen molar-refractivity contribution in [1.29, 1.82) is 0 Å². The molecule has 0 radical (unpaired) electrons. The van der Waals surface area contributed by atoms with Gasteiger partial charge in [-0.15, -0.1) is 0 Å². The zero-order chi connectivity index (χ0) is 17.5. The summed E-state index contributed by atoms with van der Waals surface area (Å²) in [6.45, 7) is 10.3. The second-order valence-corrected chi connectivity index (χ2v) is 9.00. The van der Waals surface area contributed by atoms with E-state index in [1.165, 1.54) is 0 Å². The molecule has 3 heterocycles. The fourth-order valence-electron chi connectivity index (χ4n) is 6.81. The zero-order valence-electron chi connectivity index (χ0n) is 14.8. The van der Waals surface area contributed by atoms with Crippen LogP contribution in [0.15, 0.2) is 23.3 Å². The first-order chi connectivity index (χ1) is 11.8. The molecular formula is C20H22O5. The third kappa shape index (κ3) is 1.27. The van der Waals surface area contributed by atoms with Crippen molar-refractivity contribution >= 4 is 11.8 Å². The molecule has 0 aromatic heterocycles. The maximum Gasteiger partial charge on any atom is 0.334 e. The zero-order valence-corrected chi connectivity index (χ0v) is 14.8. The molecule has 3 aliphatic heterocycles. The number of hydrogen-bond donors (Lipinski definition) is 0. The van der Waals surface area contributed by atoms with Crippen molar-refractivity contribution in [3.05, 3.63) is 23.3 Å². The quantitative estimate of drug-likeness (QED) is 0.383.